The first kappa shape index (κ1) is 15.4. The van der Waals surface area contributed by atoms with Crippen LogP contribution >= 0.6 is 0 Å². The molecule has 0 aliphatic rings. The molecule has 2 aromatic heterocycles. The molecule has 1 atom stereocenters. The summed E-state index contributed by atoms with van der Waals surface area (Å²) in [6.07, 6.45) is 1.86. The predicted molar refractivity (Wildman–Crippen MR) is 82.2 cm³/mol. The second kappa shape index (κ2) is 6.22. The zero-order valence-corrected chi connectivity index (χ0v) is 13.3. The lowest BCUT2D eigenvalue weighted by Crippen LogP contribution is -2.36. The van der Waals surface area contributed by atoms with E-state index >= 15 is 0 Å². The van der Waals surface area contributed by atoms with Crippen LogP contribution in [0.2, 0.25) is 0 Å². The monoisotopic (exact) mass is 289 g/mol. The first-order valence-electron chi connectivity index (χ1n) is 7.23. The molecule has 0 aliphatic carbocycles. The number of hydrogen-bond acceptors (Lipinski definition) is 4. The van der Waals surface area contributed by atoms with Crippen molar-refractivity contribution in [2.45, 2.75) is 33.7 Å². The Labute approximate surface area is 125 Å². The second-order valence-corrected chi connectivity index (χ2v) is 5.37. The molecule has 114 valence electrons. The third-order valence-electron chi connectivity index (χ3n) is 3.81. The summed E-state index contributed by atoms with van der Waals surface area (Å²) in [7, 11) is 1.81. The largest absolute Gasteiger partial charge is 0.345 e. The number of hydrogen-bond donors (Lipinski definition) is 1. The van der Waals surface area contributed by atoms with E-state index in [1.807, 2.05) is 44.5 Å². The molecule has 1 amide bonds. The van der Waals surface area contributed by atoms with Gasteiger partial charge >= 0.3 is 0 Å². The minimum Gasteiger partial charge on any atom is -0.345 e. The SMILES string of the molecule is CCN(C)C(=O)CNC(C)c1cnc2cc(C)nn2c1C. The number of fused-ring (bicyclic) bond motifs is 1. The second-order valence-electron chi connectivity index (χ2n) is 5.37. The lowest BCUT2D eigenvalue weighted by Gasteiger charge is -2.19. The van der Waals surface area contributed by atoms with Crippen LogP contribution in [0.25, 0.3) is 5.65 Å². The van der Waals surface area contributed by atoms with Crippen LogP contribution in [-0.4, -0.2) is 45.5 Å². The lowest BCUT2D eigenvalue weighted by molar-refractivity contribution is -0.128. The number of carbonyl (C=O) groups is 1. The number of rotatable bonds is 5. The van der Waals surface area contributed by atoms with Gasteiger partial charge in [-0.05, 0) is 27.7 Å². The predicted octanol–water partition coefficient (Wildman–Crippen LogP) is 1.48. The minimum absolute atomic E-state index is 0.0422. The van der Waals surface area contributed by atoms with Gasteiger partial charge in [0.05, 0.1) is 12.2 Å². The van der Waals surface area contributed by atoms with Gasteiger partial charge in [0.2, 0.25) is 5.91 Å². The van der Waals surface area contributed by atoms with E-state index in [1.165, 1.54) is 0 Å². The van der Waals surface area contributed by atoms with Gasteiger partial charge in [0.25, 0.3) is 0 Å². The molecular formula is C15H23N5O. The standard InChI is InChI=1S/C15H23N5O/c1-6-19(5)15(21)9-16-11(3)13-8-17-14-7-10(2)18-20(14)12(13)4/h7-8,11,16H,6,9H2,1-5H3. The van der Waals surface area contributed by atoms with Crippen LogP contribution in [0.1, 0.15) is 36.8 Å². The Kier molecular flexibility index (Phi) is 4.57. The molecule has 1 unspecified atom stereocenters. The number of nitrogens with zero attached hydrogens (tertiary/aromatic N) is 4. The topological polar surface area (TPSA) is 62.5 Å². The van der Waals surface area contributed by atoms with E-state index in [4.69, 9.17) is 0 Å². The van der Waals surface area contributed by atoms with Gasteiger partial charge in [-0.15, -0.1) is 0 Å². The molecule has 0 aromatic carbocycles. The Bertz CT molecular complexity index is 649. The highest BCUT2D eigenvalue weighted by Crippen LogP contribution is 2.17. The number of amides is 1. The highest BCUT2D eigenvalue weighted by atomic mass is 16.2. The number of nitrogens with one attached hydrogen (secondary N) is 1. The van der Waals surface area contributed by atoms with Crippen LogP contribution in [0.15, 0.2) is 12.3 Å². The van der Waals surface area contributed by atoms with E-state index < -0.39 is 0 Å². The van der Waals surface area contributed by atoms with Crippen molar-refractivity contribution in [3.8, 4) is 0 Å². The van der Waals surface area contributed by atoms with Gasteiger partial charge in [-0.2, -0.15) is 5.10 Å². The Morgan fingerprint density at radius 2 is 2.19 bits per heavy atom. The molecular weight excluding hydrogens is 266 g/mol. The quantitative estimate of drug-likeness (QED) is 0.905. The van der Waals surface area contributed by atoms with Crippen LogP contribution in [0, 0.1) is 13.8 Å². The molecule has 0 aliphatic heterocycles. The highest BCUT2D eigenvalue weighted by Gasteiger charge is 2.14. The van der Waals surface area contributed by atoms with Crippen LogP contribution < -0.4 is 5.32 Å². The van der Waals surface area contributed by atoms with Gasteiger partial charge in [0.15, 0.2) is 5.65 Å². The van der Waals surface area contributed by atoms with Crippen LogP contribution in [0.3, 0.4) is 0 Å². The minimum atomic E-state index is 0.0422. The maximum Gasteiger partial charge on any atom is 0.236 e. The normalized spacial score (nSPS) is 12.6. The van der Waals surface area contributed by atoms with Crippen molar-refractivity contribution in [1.29, 1.82) is 0 Å². The van der Waals surface area contributed by atoms with Gasteiger partial charge < -0.3 is 10.2 Å². The van der Waals surface area contributed by atoms with Gasteiger partial charge in [-0.25, -0.2) is 9.50 Å². The molecule has 0 bridgehead atoms. The molecule has 6 heteroatoms. The van der Waals surface area contributed by atoms with Gasteiger partial charge in [-0.1, -0.05) is 0 Å². The fraction of sp³-hybridized carbons (Fsp3) is 0.533. The molecule has 0 saturated carbocycles. The molecule has 2 rings (SSSR count). The maximum atomic E-state index is 11.8. The molecule has 0 saturated heterocycles. The third-order valence-corrected chi connectivity index (χ3v) is 3.81. The Hall–Kier alpha value is -1.95. The first-order chi connectivity index (χ1) is 9.93. The Balaban J connectivity index is 2.14. The summed E-state index contributed by atoms with van der Waals surface area (Å²) >= 11 is 0. The molecule has 6 nitrogen and oxygen atoms in total. The zero-order valence-electron chi connectivity index (χ0n) is 13.3. The Morgan fingerprint density at radius 1 is 1.48 bits per heavy atom. The summed E-state index contributed by atoms with van der Waals surface area (Å²) in [6, 6.07) is 2.00. The van der Waals surface area contributed by atoms with Crippen molar-refractivity contribution in [2.75, 3.05) is 20.1 Å². The van der Waals surface area contributed by atoms with Gasteiger partial charge in [-0.3, -0.25) is 4.79 Å². The summed E-state index contributed by atoms with van der Waals surface area (Å²) < 4.78 is 1.85. The van der Waals surface area contributed by atoms with E-state index in [9.17, 15) is 4.79 Å². The molecule has 21 heavy (non-hydrogen) atoms. The molecule has 0 fully saturated rings. The molecule has 2 heterocycles. The van der Waals surface area contributed by atoms with E-state index in [-0.39, 0.29) is 11.9 Å². The van der Waals surface area contributed by atoms with E-state index in [0.29, 0.717) is 13.1 Å². The molecule has 1 N–H and O–H groups in total. The molecule has 0 spiro atoms. The fourth-order valence-corrected chi connectivity index (χ4v) is 2.26. The maximum absolute atomic E-state index is 11.8. The van der Waals surface area contributed by atoms with Crippen molar-refractivity contribution in [1.82, 2.24) is 24.8 Å². The van der Waals surface area contributed by atoms with Crippen molar-refractivity contribution in [3.05, 3.63) is 29.2 Å². The van der Waals surface area contributed by atoms with E-state index in [2.05, 4.69) is 15.4 Å². The smallest absolute Gasteiger partial charge is 0.236 e. The number of aryl methyl sites for hydroxylation is 2. The zero-order chi connectivity index (χ0) is 15.6. The number of likely N-dealkylation sites (N-methyl/N-ethyl adjacent to an activating group) is 1. The van der Waals surface area contributed by atoms with Crippen LogP contribution in [0.4, 0.5) is 0 Å². The summed E-state index contributed by atoms with van der Waals surface area (Å²) in [4.78, 5) is 18.0. The average Bonchev–Trinajstić information content (AvgIpc) is 2.85. The van der Waals surface area contributed by atoms with Crippen molar-refractivity contribution < 1.29 is 4.79 Å². The van der Waals surface area contributed by atoms with Crippen molar-refractivity contribution >= 4 is 11.6 Å². The van der Waals surface area contributed by atoms with E-state index in [0.717, 1.165) is 22.6 Å². The lowest BCUT2D eigenvalue weighted by atomic mass is 10.1. The van der Waals surface area contributed by atoms with Crippen LogP contribution in [0.5, 0.6) is 0 Å². The number of carbonyl (C=O) groups excluding carboxylic acids is 1. The summed E-state index contributed by atoms with van der Waals surface area (Å²) in [5, 5.41) is 7.70. The molecule has 2 aromatic rings. The van der Waals surface area contributed by atoms with Gasteiger partial charge in [0, 0.05) is 43.2 Å². The van der Waals surface area contributed by atoms with Gasteiger partial charge in [0.1, 0.15) is 0 Å². The Morgan fingerprint density at radius 3 is 2.86 bits per heavy atom. The number of aromatic nitrogens is 3. The first-order valence-corrected chi connectivity index (χ1v) is 7.23. The van der Waals surface area contributed by atoms with E-state index in [1.54, 1.807) is 11.9 Å². The summed E-state index contributed by atoms with van der Waals surface area (Å²) in [6.45, 7) is 9.01. The third kappa shape index (κ3) is 3.21. The van der Waals surface area contributed by atoms with Crippen molar-refractivity contribution in [2.24, 2.45) is 0 Å². The average molecular weight is 289 g/mol. The molecule has 0 radical (unpaired) electrons. The fourth-order valence-electron chi connectivity index (χ4n) is 2.26. The summed E-state index contributed by atoms with van der Waals surface area (Å²) in [5.41, 5.74) is 3.90. The van der Waals surface area contributed by atoms with Crippen LogP contribution in [-0.2, 0) is 4.79 Å². The highest BCUT2D eigenvalue weighted by molar-refractivity contribution is 5.77. The summed E-state index contributed by atoms with van der Waals surface area (Å²) in [5.74, 6) is 0.0889. The van der Waals surface area contributed by atoms with Crippen molar-refractivity contribution in [3.63, 3.8) is 0 Å².